The summed E-state index contributed by atoms with van der Waals surface area (Å²) in [6, 6.07) is 1.57. The lowest BCUT2D eigenvalue weighted by atomic mass is 10.0. The second-order valence-corrected chi connectivity index (χ2v) is 4.97. The number of hydrogen-bond donors (Lipinski definition) is 1. The summed E-state index contributed by atoms with van der Waals surface area (Å²) in [7, 11) is 0. The van der Waals surface area contributed by atoms with Gasteiger partial charge in [-0.3, -0.25) is 0 Å². The summed E-state index contributed by atoms with van der Waals surface area (Å²) in [5, 5.41) is 13.3. The van der Waals surface area contributed by atoms with E-state index in [0.717, 1.165) is 12.1 Å². The predicted octanol–water partition coefficient (Wildman–Crippen LogP) is 4.01. The molecule has 0 aliphatic heterocycles. The Labute approximate surface area is 108 Å². The molecule has 0 bridgehead atoms. The van der Waals surface area contributed by atoms with Gasteiger partial charge in [0, 0.05) is 15.4 Å². The van der Waals surface area contributed by atoms with Crippen LogP contribution in [-0.2, 0) is 0 Å². The van der Waals surface area contributed by atoms with Crippen LogP contribution >= 0.6 is 27.3 Å². The average molecular weight is 323 g/mol. The summed E-state index contributed by atoms with van der Waals surface area (Å²) < 4.78 is 39.4. The minimum absolute atomic E-state index is 0.0273. The molecule has 1 unspecified atom stereocenters. The highest BCUT2D eigenvalue weighted by Crippen LogP contribution is 2.32. The number of rotatable bonds is 2. The molecule has 0 aliphatic carbocycles. The maximum absolute atomic E-state index is 13.0. The summed E-state index contributed by atoms with van der Waals surface area (Å²) >= 11 is 4.54. The number of halogens is 4. The van der Waals surface area contributed by atoms with Crippen LogP contribution in [0, 0.1) is 17.5 Å². The number of hydrogen-bond acceptors (Lipinski definition) is 2. The molecule has 0 saturated carbocycles. The fourth-order valence-electron chi connectivity index (χ4n) is 1.40. The van der Waals surface area contributed by atoms with Crippen LogP contribution in [0.25, 0.3) is 0 Å². The molecule has 1 aromatic heterocycles. The largest absolute Gasteiger partial charge is 0.384 e. The van der Waals surface area contributed by atoms with Crippen LogP contribution in [-0.4, -0.2) is 5.11 Å². The molecule has 1 heterocycles. The zero-order valence-electron chi connectivity index (χ0n) is 8.25. The maximum Gasteiger partial charge on any atom is 0.194 e. The van der Waals surface area contributed by atoms with Crippen LogP contribution in [0.15, 0.2) is 27.4 Å². The highest BCUT2D eigenvalue weighted by Gasteiger charge is 2.19. The van der Waals surface area contributed by atoms with E-state index in [9.17, 15) is 18.3 Å². The van der Waals surface area contributed by atoms with E-state index in [-0.39, 0.29) is 5.56 Å². The maximum atomic E-state index is 13.0. The number of aliphatic hydroxyl groups excluding tert-OH is 1. The van der Waals surface area contributed by atoms with Gasteiger partial charge in [-0.05, 0) is 39.0 Å². The minimum atomic E-state index is -1.54. The van der Waals surface area contributed by atoms with Crippen molar-refractivity contribution >= 4 is 27.3 Å². The fraction of sp³-hybridized carbons (Fsp3) is 0.0909. The zero-order chi connectivity index (χ0) is 12.6. The third-order valence-electron chi connectivity index (χ3n) is 2.26. The Kier molecular flexibility index (Phi) is 3.56. The van der Waals surface area contributed by atoms with Crippen LogP contribution in [0.5, 0.6) is 0 Å². The summed E-state index contributed by atoms with van der Waals surface area (Å²) in [6.07, 6.45) is -1.19. The Morgan fingerprint density at radius 3 is 2.18 bits per heavy atom. The first kappa shape index (κ1) is 12.6. The average Bonchev–Trinajstić information content (AvgIpc) is 2.70. The molecule has 0 aliphatic rings. The van der Waals surface area contributed by atoms with E-state index in [4.69, 9.17) is 0 Å². The summed E-state index contributed by atoms with van der Waals surface area (Å²) in [4.78, 5) is 0. The lowest BCUT2D eigenvalue weighted by Crippen LogP contribution is -2.02. The summed E-state index contributed by atoms with van der Waals surface area (Å²) in [6.45, 7) is 0. The van der Waals surface area contributed by atoms with E-state index in [0.29, 0.717) is 10.0 Å². The Hall–Kier alpha value is -0.850. The van der Waals surface area contributed by atoms with Crippen molar-refractivity contribution < 1.29 is 18.3 Å². The van der Waals surface area contributed by atoms with Gasteiger partial charge >= 0.3 is 0 Å². The molecule has 0 fully saturated rings. The quantitative estimate of drug-likeness (QED) is 0.828. The molecule has 6 heteroatoms. The molecule has 1 atom stereocenters. The molecule has 1 nitrogen and oxygen atoms in total. The monoisotopic (exact) mass is 322 g/mol. The lowest BCUT2D eigenvalue weighted by Gasteiger charge is -2.11. The molecular formula is C11H6BrF3OS. The molecule has 17 heavy (non-hydrogen) atoms. The third kappa shape index (κ3) is 2.38. The molecule has 2 aromatic rings. The summed E-state index contributed by atoms with van der Waals surface area (Å²) in [5.74, 6) is -4.17. The van der Waals surface area contributed by atoms with Crippen molar-refractivity contribution in [3.05, 3.63) is 55.9 Å². The normalized spacial score (nSPS) is 12.8. The number of thiophene rings is 1. The standard InChI is InChI=1S/C11H6BrF3OS/c12-7-4-17-3-6(7)11(16)5-1-8(13)10(15)9(14)2-5/h1-4,11,16H. The van der Waals surface area contributed by atoms with E-state index >= 15 is 0 Å². The zero-order valence-corrected chi connectivity index (χ0v) is 10.7. The van der Waals surface area contributed by atoms with Crippen molar-refractivity contribution in [1.29, 1.82) is 0 Å². The van der Waals surface area contributed by atoms with Gasteiger partial charge in [0.2, 0.25) is 0 Å². The topological polar surface area (TPSA) is 20.2 Å². The van der Waals surface area contributed by atoms with Gasteiger partial charge in [0.15, 0.2) is 17.5 Å². The Morgan fingerprint density at radius 2 is 1.71 bits per heavy atom. The molecule has 0 saturated heterocycles. The molecule has 0 amide bonds. The second kappa shape index (κ2) is 4.80. The number of aliphatic hydroxyl groups is 1. The summed E-state index contributed by atoms with van der Waals surface area (Å²) in [5.41, 5.74) is 0.459. The van der Waals surface area contributed by atoms with Gasteiger partial charge in [0.05, 0.1) is 0 Å². The second-order valence-electron chi connectivity index (χ2n) is 3.38. The lowest BCUT2D eigenvalue weighted by molar-refractivity contribution is 0.218. The SMILES string of the molecule is OC(c1cc(F)c(F)c(F)c1)c1cscc1Br. The smallest absolute Gasteiger partial charge is 0.194 e. The Bertz CT molecular complexity index is 532. The van der Waals surface area contributed by atoms with Crippen LogP contribution in [0.2, 0.25) is 0 Å². The van der Waals surface area contributed by atoms with Crippen molar-refractivity contribution in [2.45, 2.75) is 6.10 Å². The van der Waals surface area contributed by atoms with Gasteiger partial charge < -0.3 is 5.11 Å². The molecule has 2 rings (SSSR count). The van der Waals surface area contributed by atoms with Crippen LogP contribution in [0.3, 0.4) is 0 Å². The highest BCUT2D eigenvalue weighted by molar-refractivity contribution is 9.10. The van der Waals surface area contributed by atoms with Crippen molar-refractivity contribution in [2.24, 2.45) is 0 Å². The van der Waals surface area contributed by atoms with Gasteiger partial charge in [-0.1, -0.05) is 0 Å². The van der Waals surface area contributed by atoms with Gasteiger partial charge in [0.1, 0.15) is 6.10 Å². The first-order valence-electron chi connectivity index (χ1n) is 4.54. The molecule has 1 aromatic carbocycles. The minimum Gasteiger partial charge on any atom is -0.384 e. The van der Waals surface area contributed by atoms with Crippen molar-refractivity contribution in [3.8, 4) is 0 Å². The molecule has 90 valence electrons. The highest BCUT2D eigenvalue weighted by atomic mass is 79.9. The fourth-order valence-corrected chi connectivity index (χ4v) is 2.93. The number of benzene rings is 1. The van der Waals surface area contributed by atoms with Crippen molar-refractivity contribution in [3.63, 3.8) is 0 Å². The van der Waals surface area contributed by atoms with Crippen LogP contribution < -0.4 is 0 Å². The van der Waals surface area contributed by atoms with E-state index in [1.807, 2.05) is 0 Å². The molecule has 1 N–H and O–H groups in total. The predicted molar refractivity (Wildman–Crippen MR) is 62.4 cm³/mol. The van der Waals surface area contributed by atoms with Crippen LogP contribution in [0.4, 0.5) is 13.2 Å². The molecule has 0 radical (unpaired) electrons. The van der Waals surface area contributed by atoms with E-state index in [1.54, 1.807) is 10.8 Å². The van der Waals surface area contributed by atoms with E-state index in [1.165, 1.54) is 11.3 Å². The van der Waals surface area contributed by atoms with E-state index < -0.39 is 23.6 Å². The van der Waals surface area contributed by atoms with Gasteiger partial charge in [-0.2, -0.15) is 11.3 Å². The molecule has 0 spiro atoms. The Morgan fingerprint density at radius 1 is 1.12 bits per heavy atom. The third-order valence-corrected chi connectivity index (χ3v) is 4.01. The molecular weight excluding hydrogens is 317 g/mol. The van der Waals surface area contributed by atoms with Gasteiger partial charge in [-0.25, -0.2) is 13.2 Å². The first-order valence-corrected chi connectivity index (χ1v) is 6.28. The van der Waals surface area contributed by atoms with E-state index in [2.05, 4.69) is 15.9 Å². The van der Waals surface area contributed by atoms with Crippen molar-refractivity contribution in [1.82, 2.24) is 0 Å². The van der Waals surface area contributed by atoms with Crippen molar-refractivity contribution in [2.75, 3.05) is 0 Å². The van der Waals surface area contributed by atoms with Gasteiger partial charge in [0.25, 0.3) is 0 Å². The Balaban J connectivity index is 2.45. The van der Waals surface area contributed by atoms with Crippen LogP contribution in [0.1, 0.15) is 17.2 Å². The first-order chi connectivity index (χ1) is 8.00. The van der Waals surface area contributed by atoms with Gasteiger partial charge in [-0.15, -0.1) is 0 Å².